The molecule has 0 saturated heterocycles. The van der Waals surface area contributed by atoms with Crippen molar-refractivity contribution in [3.63, 3.8) is 0 Å². The van der Waals surface area contributed by atoms with E-state index in [-0.39, 0.29) is 0 Å². The quantitative estimate of drug-likeness (QED) is 0.622. The fourth-order valence-corrected chi connectivity index (χ4v) is 1.67. The predicted molar refractivity (Wildman–Crippen MR) is 69.7 cm³/mol. The minimum atomic E-state index is 0.375. The summed E-state index contributed by atoms with van der Waals surface area (Å²) in [4.78, 5) is 8.95. The first kappa shape index (κ1) is 12.7. The molecule has 16 heavy (non-hydrogen) atoms. The summed E-state index contributed by atoms with van der Waals surface area (Å²) >= 11 is 3.44. The van der Waals surface area contributed by atoms with E-state index >= 15 is 0 Å². The summed E-state index contributed by atoms with van der Waals surface area (Å²) in [6.07, 6.45) is 0. The summed E-state index contributed by atoms with van der Waals surface area (Å²) in [5, 5.41) is 3.55. The highest BCUT2D eigenvalue weighted by Crippen LogP contribution is 2.16. The summed E-state index contributed by atoms with van der Waals surface area (Å²) in [7, 11) is 1.31. The van der Waals surface area contributed by atoms with Gasteiger partial charge in [-0.2, -0.15) is 0 Å². The molecule has 84 valence electrons. The number of benzene rings is 2. The number of halogens is 1. The first-order valence-electron chi connectivity index (χ1n) is 4.82. The van der Waals surface area contributed by atoms with E-state index in [1.165, 1.54) is 23.4 Å². The number of carbonyl (C=O) groups excluding carboxylic acids is 1. The molecule has 0 fully saturated rings. The van der Waals surface area contributed by atoms with Crippen molar-refractivity contribution < 1.29 is 9.53 Å². The number of ether oxygens (including phenoxy) is 1. The van der Waals surface area contributed by atoms with Gasteiger partial charge in [-0.25, -0.2) is 0 Å². The fourth-order valence-electron chi connectivity index (χ4n) is 1.32. The van der Waals surface area contributed by atoms with Crippen LogP contribution in [0.4, 0.5) is 0 Å². The van der Waals surface area contributed by atoms with Gasteiger partial charge in [0.15, 0.2) is 0 Å². The van der Waals surface area contributed by atoms with Crippen LogP contribution in [-0.4, -0.2) is 13.6 Å². The van der Waals surface area contributed by atoms with Crippen molar-refractivity contribution in [1.29, 1.82) is 0 Å². The molecule has 0 aliphatic heterocycles. The lowest BCUT2D eigenvalue weighted by Crippen LogP contribution is -1.77. The van der Waals surface area contributed by atoms with Crippen molar-refractivity contribution in [3.8, 4) is 0 Å². The van der Waals surface area contributed by atoms with Crippen molar-refractivity contribution in [2.24, 2.45) is 0 Å². The zero-order chi connectivity index (χ0) is 11.8. The number of hydrogen-bond acceptors (Lipinski definition) is 2. The average Bonchev–Trinajstić information content (AvgIpc) is 2.38. The molecule has 0 atom stereocenters. The van der Waals surface area contributed by atoms with E-state index in [0.29, 0.717) is 6.47 Å². The van der Waals surface area contributed by atoms with Gasteiger partial charge in [-0.1, -0.05) is 58.4 Å². The second-order valence-electron chi connectivity index (χ2n) is 3.15. The molecular weight excluding hydrogens is 268 g/mol. The highest BCUT2D eigenvalue weighted by Gasteiger charge is 1.92. The minimum Gasteiger partial charge on any atom is -0.471 e. The number of carbonyl (C=O) groups is 1. The van der Waals surface area contributed by atoms with Crippen LogP contribution in [-0.2, 0) is 14.9 Å². The molecule has 0 unspecified atom stereocenters. The van der Waals surface area contributed by atoms with Gasteiger partial charge >= 0.3 is 0 Å². The van der Waals surface area contributed by atoms with Crippen LogP contribution in [0.3, 0.4) is 0 Å². The summed E-state index contributed by atoms with van der Waals surface area (Å²) in [5.74, 6) is 0. The van der Waals surface area contributed by atoms with Crippen LogP contribution < -0.4 is 0 Å². The van der Waals surface area contributed by atoms with Gasteiger partial charge in [0.05, 0.1) is 7.11 Å². The van der Waals surface area contributed by atoms with Gasteiger partial charge in [0.25, 0.3) is 6.47 Å². The van der Waals surface area contributed by atoms with Crippen LogP contribution in [0.25, 0.3) is 10.8 Å². The Balaban J connectivity index is 0.000000280. The maximum Gasteiger partial charge on any atom is 0.292 e. The third-order valence-corrected chi connectivity index (χ3v) is 2.71. The van der Waals surface area contributed by atoms with E-state index in [4.69, 9.17) is 4.79 Å². The van der Waals surface area contributed by atoms with Crippen molar-refractivity contribution in [2.45, 2.75) is 5.33 Å². The highest BCUT2D eigenvalue weighted by molar-refractivity contribution is 9.08. The Morgan fingerprint density at radius 1 is 1.19 bits per heavy atom. The second kappa shape index (κ2) is 7.01. The van der Waals surface area contributed by atoms with Crippen LogP contribution in [0.1, 0.15) is 5.56 Å². The molecule has 0 radical (unpaired) electrons. The molecule has 0 aliphatic rings. The van der Waals surface area contributed by atoms with Crippen LogP contribution in [0.2, 0.25) is 0 Å². The maximum absolute atomic E-state index is 8.95. The van der Waals surface area contributed by atoms with Gasteiger partial charge in [0.2, 0.25) is 0 Å². The summed E-state index contributed by atoms with van der Waals surface area (Å²) in [5.41, 5.74) is 1.33. The lowest BCUT2D eigenvalue weighted by molar-refractivity contribution is -0.126. The molecule has 0 bridgehead atoms. The number of rotatable bonds is 2. The van der Waals surface area contributed by atoms with Gasteiger partial charge in [-0.05, 0) is 16.3 Å². The number of alkyl halides is 1. The molecule has 0 heterocycles. The standard InChI is InChI=1S/C11H9Br.C2H4O2/c12-8-9-5-6-10-3-1-2-4-11(10)7-9;1-4-2-3/h1-7H,8H2;2H,1H3. The monoisotopic (exact) mass is 280 g/mol. The Hall–Kier alpha value is -1.35. The number of hydrogen-bond donors (Lipinski definition) is 0. The molecule has 2 rings (SSSR count). The van der Waals surface area contributed by atoms with Crippen LogP contribution >= 0.6 is 15.9 Å². The zero-order valence-electron chi connectivity index (χ0n) is 9.02. The Kier molecular flexibility index (Phi) is 5.57. The van der Waals surface area contributed by atoms with Crippen molar-refractivity contribution in [3.05, 3.63) is 48.0 Å². The SMILES string of the molecule is BrCc1ccc2ccccc2c1.COC=O. The first-order chi connectivity index (χ1) is 7.81. The molecule has 2 nitrogen and oxygen atoms in total. The first-order valence-corrected chi connectivity index (χ1v) is 5.94. The minimum absolute atomic E-state index is 0.375. The van der Waals surface area contributed by atoms with E-state index in [0.717, 1.165) is 5.33 Å². The maximum atomic E-state index is 8.95. The van der Waals surface area contributed by atoms with Crippen molar-refractivity contribution >= 4 is 33.2 Å². The molecule has 0 saturated carbocycles. The summed E-state index contributed by atoms with van der Waals surface area (Å²) in [6.45, 7) is 0.375. The van der Waals surface area contributed by atoms with Gasteiger partial charge < -0.3 is 4.74 Å². The lowest BCUT2D eigenvalue weighted by atomic mass is 10.1. The van der Waals surface area contributed by atoms with Gasteiger partial charge in [-0.15, -0.1) is 0 Å². The van der Waals surface area contributed by atoms with Crippen LogP contribution in [0.5, 0.6) is 0 Å². The molecule has 3 heteroatoms. The molecule has 0 aromatic heterocycles. The molecule has 0 amide bonds. The van der Waals surface area contributed by atoms with E-state index in [2.05, 4.69) is 63.1 Å². The number of methoxy groups -OCH3 is 1. The molecule has 0 N–H and O–H groups in total. The van der Waals surface area contributed by atoms with Crippen LogP contribution in [0, 0.1) is 0 Å². The van der Waals surface area contributed by atoms with Gasteiger partial charge in [0, 0.05) is 5.33 Å². The lowest BCUT2D eigenvalue weighted by Gasteiger charge is -1.98. The summed E-state index contributed by atoms with van der Waals surface area (Å²) < 4.78 is 3.86. The smallest absolute Gasteiger partial charge is 0.292 e. The van der Waals surface area contributed by atoms with Crippen molar-refractivity contribution in [2.75, 3.05) is 7.11 Å². The normalized spacial score (nSPS) is 9.12. The predicted octanol–water partition coefficient (Wildman–Crippen LogP) is 3.52. The average molecular weight is 281 g/mol. The van der Waals surface area contributed by atoms with Crippen LogP contribution in [0.15, 0.2) is 42.5 Å². The molecule has 2 aromatic rings. The Bertz CT molecular complexity index is 454. The summed E-state index contributed by atoms with van der Waals surface area (Å²) in [6, 6.07) is 14.9. The Morgan fingerprint density at radius 3 is 2.38 bits per heavy atom. The van der Waals surface area contributed by atoms with Gasteiger partial charge in [0.1, 0.15) is 0 Å². The van der Waals surface area contributed by atoms with Crippen molar-refractivity contribution in [1.82, 2.24) is 0 Å². The second-order valence-corrected chi connectivity index (χ2v) is 3.71. The van der Waals surface area contributed by atoms with E-state index in [9.17, 15) is 0 Å². The molecular formula is C13H13BrO2. The molecule has 0 spiro atoms. The molecule has 0 aliphatic carbocycles. The van der Waals surface area contributed by atoms with E-state index < -0.39 is 0 Å². The van der Waals surface area contributed by atoms with E-state index in [1.54, 1.807) is 0 Å². The van der Waals surface area contributed by atoms with Gasteiger partial charge in [-0.3, -0.25) is 4.79 Å². The third kappa shape index (κ3) is 3.66. The Labute approximate surface area is 103 Å². The highest BCUT2D eigenvalue weighted by atomic mass is 79.9. The molecule has 2 aromatic carbocycles. The van der Waals surface area contributed by atoms with E-state index in [1.807, 2.05) is 0 Å². The Morgan fingerprint density at radius 2 is 1.81 bits per heavy atom. The fraction of sp³-hybridized carbons (Fsp3) is 0.154. The third-order valence-electron chi connectivity index (χ3n) is 2.06. The topological polar surface area (TPSA) is 26.3 Å². The number of fused-ring (bicyclic) bond motifs is 1. The largest absolute Gasteiger partial charge is 0.471 e. The zero-order valence-corrected chi connectivity index (χ0v) is 10.6.